The molecule has 0 aliphatic rings. The molecule has 6 heteroatoms. The number of unbranched alkanes of at least 4 members (excludes halogenated alkanes) is 2. The first kappa shape index (κ1) is 16.6. The minimum atomic E-state index is -2.09. The van der Waals surface area contributed by atoms with Crippen LogP contribution in [0.25, 0.3) is 0 Å². The van der Waals surface area contributed by atoms with Crippen molar-refractivity contribution in [1.29, 1.82) is 0 Å². The third-order valence-corrected chi connectivity index (χ3v) is 2.15. The van der Waals surface area contributed by atoms with E-state index in [0.717, 1.165) is 12.8 Å². The van der Waals surface area contributed by atoms with Gasteiger partial charge in [0.2, 0.25) is 6.10 Å². The van der Waals surface area contributed by atoms with Crippen molar-refractivity contribution in [3.63, 3.8) is 0 Å². The van der Waals surface area contributed by atoms with Crippen LogP contribution in [0.5, 0.6) is 0 Å². The first-order chi connectivity index (χ1) is 8.54. The van der Waals surface area contributed by atoms with Crippen LogP contribution in [0, 0.1) is 0 Å². The fourth-order valence-electron chi connectivity index (χ4n) is 0.995. The molecule has 6 nitrogen and oxygen atoms in total. The lowest BCUT2D eigenvalue weighted by atomic mass is 10.2. The lowest BCUT2D eigenvalue weighted by Crippen LogP contribution is -2.37. The van der Waals surface area contributed by atoms with Gasteiger partial charge in [-0.15, -0.1) is 0 Å². The molecule has 0 aromatic heterocycles. The monoisotopic (exact) mass is 260 g/mol. The van der Waals surface area contributed by atoms with Gasteiger partial charge in [-0.2, -0.15) is 0 Å². The van der Waals surface area contributed by atoms with Gasteiger partial charge in [-0.05, 0) is 12.8 Å². The summed E-state index contributed by atoms with van der Waals surface area (Å²) < 4.78 is 9.21. The molecule has 0 fully saturated rings. The van der Waals surface area contributed by atoms with Gasteiger partial charge in [0.25, 0.3) is 5.78 Å². The molecule has 1 unspecified atom stereocenters. The number of ketones is 1. The lowest BCUT2D eigenvalue weighted by molar-refractivity contribution is -0.166. The molecule has 0 radical (unpaired) electrons. The SMILES string of the molecule is CCCCOC(=O)C(=O)C(O)C(=O)OCCCC. The number of ether oxygens (including phenoxy) is 2. The molecule has 0 spiro atoms. The molecule has 0 aromatic carbocycles. The van der Waals surface area contributed by atoms with Crippen molar-refractivity contribution in [1.82, 2.24) is 0 Å². The van der Waals surface area contributed by atoms with Crippen LogP contribution in [0.2, 0.25) is 0 Å². The van der Waals surface area contributed by atoms with E-state index >= 15 is 0 Å². The van der Waals surface area contributed by atoms with Crippen molar-refractivity contribution in [3.8, 4) is 0 Å². The van der Waals surface area contributed by atoms with Crippen molar-refractivity contribution in [3.05, 3.63) is 0 Å². The summed E-state index contributed by atoms with van der Waals surface area (Å²) in [6, 6.07) is 0. The van der Waals surface area contributed by atoms with E-state index in [1.165, 1.54) is 0 Å². The molecule has 0 saturated heterocycles. The highest BCUT2D eigenvalue weighted by Crippen LogP contribution is 1.98. The lowest BCUT2D eigenvalue weighted by Gasteiger charge is -2.09. The molecule has 1 atom stereocenters. The van der Waals surface area contributed by atoms with Gasteiger partial charge in [0.05, 0.1) is 13.2 Å². The van der Waals surface area contributed by atoms with Crippen LogP contribution in [0.15, 0.2) is 0 Å². The van der Waals surface area contributed by atoms with Crippen LogP contribution in [0.3, 0.4) is 0 Å². The van der Waals surface area contributed by atoms with Gasteiger partial charge in [0.1, 0.15) is 0 Å². The van der Waals surface area contributed by atoms with E-state index in [-0.39, 0.29) is 13.2 Å². The third-order valence-electron chi connectivity index (χ3n) is 2.15. The molecule has 104 valence electrons. The van der Waals surface area contributed by atoms with E-state index in [1.807, 2.05) is 13.8 Å². The van der Waals surface area contributed by atoms with Crippen LogP contribution in [-0.2, 0) is 23.9 Å². The Hall–Kier alpha value is -1.43. The number of aliphatic hydroxyl groups excluding tert-OH is 1. The van der Waals surface area contributed by atoms with E-state index < -0.39 is 23.8 Å². The van der Waals surface area contributed by atoms with Crippen molar-refractivity contribution in [2.45, 2.75) is 45.6 Å². The zero-order valence-electron chi connectivity index (χ0n) is 10.8. The second-order valence-corrected chi connectivity index (χ2v) is 3.78. The molecule has 1 N–H and O–H groups in total. The summed E-state index contributed by atoms with van der Waals surface area (Å²) in [7, 11) is 0. The van der Waals surface area contributed by atoms with E-state index in [1.54, 1.807) is 0 Å². The number of carbonyl (C=O) groups excluding carboxylic acids is 3. The summed E-state index contributed by atoms with van der Waals surface area (Å²) in [4.78, 5) is 33.6. The first-order valence-corrected chi connectivity index (χ1v) is 6.10. The van der Waals surface area contributed by atoms with Crippen molar-refractivity contribution >= 4 is 17.7 Å². The normalized spacial score (nSPS) is 11.7. The molecule has 18 heavy (non-hydrogen) atoms. The van der Waals surface area contributed by atoms with Gasteiger partial charge in [-0.1, -0.05) is 26.7 Å². The van der Waals surface area contributed by atoms with Gasteiger partial charge in [0.15, 0.2) is 0 Å². The smallest absolute Gasteiger partial charge is 0.378 e. The molecule has 0 aromatic rings. The Morgan fingerprint density at radius 3 is 2.00 bits per heavy atom. The van der Waals surface area contributed by atoms with E-state index in [9.17, 15) is 19.5 Å². The zero-order chi connectivity index (χ0) is 14.0. The standard InChI is InChI=1S/C12H20O6/c1-3-5-7-17-11(15)9(13)10(14)12(16)18-8-6-4-2/h9,13H,3-8H2,1-2H3. The predicted octanol–water partition coefficient (Wildman–Crippen LogP) is 0.603. The molecule has 0 aliphatic carbocycles. The number of carbonyl (C=O) groups is 3. The maximum Gasteiger partial charge on any atom is 0.378 e. The van der Waals surface area contributed by atoms with E-state index in [4.69, 9.17) is 0 Å². The first-order valence-electron chi connectivity index (χ1n) is 6.10. The zero-order valence-corrected chi connectivity index (χ0v) is 10.8. The molecular formula is C12H20O6. The van der Waals surface area contributed by atoms with Gasteiger partial charge in [-0.25, -0.2) is 9.59 Å². The number of hydrogen-bond donors (Lipinski definition) is 1. The molecule has 0 aliphatic heterocycles. The summed E-state index contributed by atoms with van der Waals surface area (Å²) >= 11 is 0. The highest BCUT2D eigenvalue weighted by Gasteiger charge is 2.32. The second kappa shape index (κ2) is 9.58. The summed E-state index contributed by atoms with van der Waals surface area (Å²) in [5.41, 5.74) is 0. The summed E-state index contributed by atoms with van der Waals surface area (Å²) in [6.07, 6.45) is 0.791. The van der Waals surface area contributed by atoms with Crippen LogP contribution in [0.1, 0.15) is 39.5 Å². The van der Waals surface area contributed by atoms with Gasteiger partial charge in [-0.3, -0.25) is 4.79 Å². The fourth-order valence-corrected chi connectivity index (χ4v) is 0.995. The Balaban J connectivity index is 4.06. The topological polar surface area (TPSA) is 89.9 Å². The second-order valence-electron chi connectivity index (χ2n) is 3.78. The predicted molar refractivity (Wildman–Crippen MR) is 62.7 cm³/mol. The van der Waals surface area contributed by atoms with Crippen LogP contribution >= 0.6 is 0 Å². The molecule has 0 heterocycles. The Morgan fingerprint density at radius 1 is 1.00 bits per heavy atom. The largest absolute Gasteiger partial charge is 0.463 e. The number of aliphatic hydroxyl groups is 1. The van der Waals surface area contributed by atoms with Crippen LogP contribution in [-0.4, -0.2) is 42.1 Å². The van der Waals surface area contributed by atoms with Gasteiger partial charge < -0.3 is 14.6 Å². The van der Waals surface area contributed by atoms with E-state index in [2.05, 4.69) is 9.47 Å². The van der Waals surface area contributed by atoms with Crippen LogP contribution in [0.4, 0.5) is 0 Å². The maximum absolute atomic E-state index is 11.3. The Morgan fingerprint density at radius 2 is 1.50 bits per heavy atom. The van der Waals surface area contributed by atoms with Crippen molar-refractivity contribution in [2.24, 2.45) is 0 Å². The van der Waals surface area contributed by atoms with Gasteiger partial charge in [0, 0.05) is 0 Å². The molecule has 0 rings (SSSR count). The Bertz CT molecular complexity index is 286. The number of rotatable bonds is 9. The fraction of sp³-hybridized carbons (Fsp3) is 0.750. The molecule has 0 amide bonds. The average molecular weight is 260 g/mol. The summed E-state index contributed by atoms with van der Waals surface area (Å²) in [5.74, 6) is -3.60. The van der Waals surface area contributed by atoms with Crippen molar-refractivity contribution < 1.29 is 29.0 Å². The third kappa shape index (κ3) is 6.34. The summed E-state index contributed by atoms with van der Waals surface area (Å²) in [6.45, 7) is 4.01. The number of Topliss-reactive ketones (excluding diaryl/α,β-unsaturated/α-hetero) is 1. The highest BCUT2D eigenvalue weighted by molar-refractivity contribution is 6.39. The van der Waals surface area contributed by atoms with E-state index in [0.29, 0.717) is 12.8 Å². The minimum Gasteiger partial charge on any atom is -0.463 e. The number of hydrogen-bond acceptors (Lipinski definition) is 6. The van der Waals surface area contributed by atoms with Crippen molar-refractivity contribution in [2.75, 3.05) is 13.2 Å². The van der Waals surface area contributed by atoms with Gasteiger partial charge >= 0.3 is 11.9 Å². The molecule has 0 bridgehead atoms. The Labute approximate surface area is 106 Å². The van der Waals surface area contributed by atoms with Crippen LogP contribution < -0.4 is 0 Å². The molecule has 0 saturated carbocycles. The quantitative estimate of drug-likeness (QED) is 0.282. The minimum absolute atomic E-state index is 0.0959. The molecular weight excluding hydrogens is 240 g/mol. The summed E-state index contributed by atoms with van der Waals surface area (Å²) in [5, 5.41) is 9.29. The maximum atomic E-state index is 11.3. The number of esters is 2. The Kier molecular flexibility index (Phi) is 8.82. The average Bonchev–Trinajstić information content (AvgIpc) is 2.37. The highest BCUT2D eigenvalue weighted by atomic mass is 16.6.